The molecule has 16 heavy (non-hydrogen) atoms. The zero-order valence-corrected chi connectivity index (χ0v) is 9.20. The van der Waals surface area contributed by atoms with E-state index in [1.807, 2.05) is 24.3 Å². The molecule has 0 atom stereocenters. The molecule has 0 aromatic heterocycles. The van der Waals surface area contributed by atoms with E-state index in [4.69, 9.17) is 16.9 Å². The van der Waals surface area contributed by atoms with Crippen molar-refractivity contribution in [1.82, 2.24) is 5.32 Å². The summed E-state index contributed by atoms with van der Waals surface area (Å²) in [6.07, 6.45) is 7.23. The highest BCUT2D eigenvalue weighted by Crippen LogP contribution is 2.29. The van der Waals surface area contributed by atoms with Crippen molar-refractivity contribution in [3.8, 4) is 18.1 Å². The number of ether oxygens (including phenoxy) is 1. The Kier molecular flexibility index (Phi) is 3.02. The minimum atomic E-state index is -0.499. The van der Waals surface area contributed by atoms with Crippen molar-refractivity contribution in [3.05, 3.63) is 24.3 Å². The van der Waals surface area contributed by atoms with Crippen LogP contribution < -0.4 is 15.8 Å². The maximum absolute atomic E-state index is 5.92. The minimum Gasteiger partial charge on any atom is -0.472 e. The van der Waals surface area contributed by atoms with Gasteiger partial charge in [-0.1, -0.05) is 18.1 Å². The topological polar surface area (TPSA) is 47.3 Å². The van der Waals surface area contributed by atoms with Gasteiger partial charge in [0.15, 0.2) is 5.60 Å². The Morgan fingerprint density at radius 2 is 2.00 bits per heavy atom. The third-order valence-corrected chi connectivity index (χ3v) is 2.90. The van der Waals surface area contributed by atoms with E-state index in [1.165, 1.54) is 0 Å². The van der Waals surface area contributed by atoms with Gasteiger partial charge in [-0.2, -0.15) is 0 Å². The van der Waals surface area contributed by atoms with Crippen LogP contribution in [0.4, 0.5) is 5.69 Å². The van der Waals surface area contributed by atoms with Crippen LogP contribution in [0.25, 0.3) is 0 Å². The number of terminal acetylenes is 1. The molecule has 1 heterocycles. The van der Waals surface area contributed by atoms with Gasteiger partial charge < -0.3 is 15.8 Å². The second-order valence-corrected chi connectivity index (χ2v) is 4.03. The molecule has 1 saturated heterocycles. The highest BCUT2D eigenvalue weighted by atomic mass is 16.5. The van der Waals surface area contributed by atoms with Crippen LogP contribution in [0.3, 0.4) is 0 Å². The predicted octanol–water partition coefficient (Wildman–Crippen LogP) is 1.40. The van der Waals surface area contributed by atoms with E-state index in [-0.39, 0.29) is 0 Å². The zero-order valence-electron chi connectivity index (χ0n) is 9.20. The lowest BCUT2D eigenvalue weighted by Gasteiger charge is -2.33. The molecule has 3 heteroatoms. The highest BCUT2D eigenvalue weighted by molar-refractivity contribution is 5.52. The molecule has 0 aliphatic carbocycles. The smallest absolute Gasteiger partial charge is 0.171 e. The van der Waals surface area contributed by atoms with Gasteiger partial charge in [0.1, 0.15) is 5.75 Å². The normalized spacial score (nSPS) is 18.7. The molecule has 3 nitrogen and oxygen atoms in total. The first-order valence-electron chi connectivity index (χ1n) is 5.48. The van der Waals surface area contributed by atoms with Crippen molar-refractivity contribution in [2.24, 2.45) is 0 Å². The first-order valence-corrected chi connectivity index (χ1v) is 5.48. The lowest BCUT2D eigenvalue weighted by atomic mass is 9.93. The molecular formula is C13H16N2O. The lowest BCUT2D eigenvalue weighted by molar-refractivity contribution is 0.0953. The highest BCUT2D eigenvalue weighted by Gasteiger charge is 2.32. The summed E-state index contributed by atoms with van der Waals surface area (Å²) in [5.41, 5.74) is 5.98. The number of hydrogen-bond donors (Lipinski definition) is 2. The van der Waals surface area contributed by atoms with Crippen molar-refractivity contribution in [1.29, 1.82) is 0 Å². The van der Waals surface area contributed by atoms with Crippen molar-refractivity contribution in [2.45, 2.75) is 18.4 Å². The number of rotatable bonds is 2. The zero-order chi connectivity index (χ0) is 11.4. The third-order valence-electron chi connectivity index (χ3n) is 2.90. The summed E-state index contributed by atoms with van der Waals surface area (Å²) in [6, 6.07) is 7.46. The van der Waals surface area contributed by atoms with Gasteiger partial charge in [0.25, 0.3) is 0 Å². The van der Waals surface area contributed by atoms with E-state index >= 15 is 0 Å². The number of benzene rings is 1. The molecule has 84 valence electrons. The average Bonchev–Trinajstić information content (AvgIpc) is 2.33. The van der Waals surface area contributed by atoms with Crippen LogP contribution in [0, 0.1) is 12.3 Å². The summed E-state index contributed by atoms with van der Waals surface area (Å²) >= 11 is 0. The number of nitrogens with two attached hydrogens (primary N) is 1. The van der Waals surface area contributed by atoms with Gasteiger partial charge >= 0.3 is 0 Å². The second-order valence-electron chi connectivity index (χ2n) is 4.03. The Balaban J connectivity index is 2.19. The van der Waals surface area contributed by atoms with Crippen molar-refractivity contribution < 1.29 is 4.74 Å². The van der Waals surface area contributed by atoms with Gasteiger partial charge in [-0.15, -0.1) is 6.42 Å². The van der Waals surface area contributed by atoms with Crippen LogP contribution in [0.15, 0.2) is 24.3 Å². The van der Waals surface area contributed by atoms with Crippen LogP contribution in [-0.2, 0) is 0 Å². The maximum Gasteiger partial charge on any atom is 0.171 e. The SMILES string of the molecule is C#CC1(Oc2ccccc2N)CCNCC1. The molecule has 0 bridgehead atoms. The molecule has 0 saturated carbocycles. The first kappa shape index (κ1) is 10.8. The first-order chi connectivity index (χ1) is 7.76. The van der Waals surface area contributed by atoms with E-state index in [2.05, 4.69) is 11.2 Å². The van der Waals surface area contributed by atoms with E-state index in [9.17, 15) is 0 Å². The Morgan fingerprint density at radius 3 is 2.62 bits per heavy atom. The summed E-state index contributed by atoms with van der Waals surface area (Å²) in [6.45, 7) is 1.77. The summed E-state index contributed by atoms with van der Waals surface area (Å²) < 4.78 is 5.92. The average molecular weight is 216 g/mol. The number of anilines is 1. The second kappa shape index (κ2) is 4.46. The number of nitrogen functional groups attached to an aromatic ring is 1. The number of nitrogens with one attached hydrogen (secondary N) is 1. The fraction of sp³-hybridized carbons (Fsp3) is 0.385. The summed E-state index contributed by atoms with van der Waals surface area (Å²) in [4.78, 5) is 0. The van der Waals surface area contributed by atoms with E-state index in [0.29, 0.717) is 11.4 Å². The molecule has 0 unspecified atom stereocenters. The maximum atomic E-state index is 5.92. The number of hydrogen-bond acceptors (Lipinski definition) is 3. The van der Waals surface area contributed by atoms with Crippen LogP contribution in [0.2, 0.25) is 0 Å². The van der Waals surface area contributed by atoms with Crippen molar-refractivity contribution >= 4 is 5.69 Å². The summed E-state index contributed by atoms with van der Waals surface area (Å²) in [5.74, 6) is 3.46. The van der Waals surface area contributed by atoms with Crippen LogP contribution >= 0.6 is 0 Å². The molecule has 3 N–H and O–H groups in total. The van der Waals surface area contributed by atoms with E-state index in [1.54, 1.807) is 0 Å². The molecule has 1 fully saturated rings. The molecule has 1 aliphatic rings. The minimum absolute atomic E-state index is 0.499. The van der Waals surface area contributed by atoms with Gasteiger partial charge in [0, 0.05) is 12.8 Å². The molecule has 1 aromatic carbocycles. The van der Waals surface area contributed by atoms with Gasteiger partial charge in [-0.3, -0.25) is 0 Å². The molecule has 1 aliphatic heterocycles. The molecule has 2 rings (SSSR count). The quantitative estimate of drug-likeness (QED) is 0.580. The summed E-state index contributed by atoms with van der Waals surface area (Å²) in [7, 11) is 0. The van der Waals surface area contributed by atoms with Crippen LogP contribution in [0.5, 0.6) is 5.75 Å². The Morgan fingerprint density at radius 1 is 1.31 bits per heavy atom. The number of para-hydroxylation sites is 2. The molecule has 0 radical (unpaired) electrons. The van der Waals surface area contributed by atoms with Crippen LogP contribution in [-0.4, -0.2) is 18.7 Å². The predicted molar refractivity (Wildman–Crippen MR) is 65.2 cm³/mol. The van der Waals surface area contributed by atoms with Gasteiger partial charge in [-0.25, -0.2) is 0 Å². The Labute approximate surface area is 96.0 Å². The largest absolute Gasteiger partial charge is 0.472 e. The Bertz CT molecular complexity index is 403. The monoisotopic (exact) mass is 216 g/mol. The van der Waals surface area contributed by atoms with Gasteiger partial charge in [0.2, 0.25) is 0 Å². The van der Waals surface area contributed by atoms with Gasteiger partial charge in [0.05, 0.1) is 5.69 Å². The Hall–Kier alpha value is -1.66. The standard InChI is InChI=1S/C13H16N2O/c1-2-13(7-9-15-10-8-13)16-12-6-4-3-5-11(12)14/h1,3-6,15H,7-10,14H2. The fourth-order valence-electron chi connectivity index (χ4n) is 1.89. The molecule has 1 aromatic rings. The third kappa shape index (κ3) is 2.12. The number of piperidine rings is 1. The molecule has 0 spiro atoms. The summed E-state index contributed by atoms with van der Waals surface area (Å²) in [5, 5.41) is 3.27. The van der Waals surface area contributed by atoms with E-state index < -0.39 is 5.60 Å². The van der Waals surface area contributed by atoms with Crippen molar-refractivity contribution in [2.75, 3.05) is 18.8 Å². The van der Waals surface area contributed by atoms with Crippen LogP contribution in [0.1, 0.15) is 12.8 Å². The van der Waals surface area contributed by atoms with Gasteiger partial charge in [-0.05, 0) is 25.2 Å². The van der Waals surface area contributed by atoms with Crippen molar-refractivity contribution in [3.63, 3.8) is 0 Å². The lowest BCUT2D eigenvalue weighted by Crippen LogP contribution is -2.45. The molecule has 0 amide bonds. The molecular weight excluding hydrogens is 200 g/mol. The van der Waals surface area contributed by atoms with E-state index in [0.717, 1.165) is 25.9 Å². The fourth-order valence-corrected chi connectivity index (χ4v) is 1.89.